The van der Waals surface area contributed by atoms with Gasteiger partial charge in [0, 0.05) is 5.92 Å². The molecule has 0 heterocycles. The highest BCUT2D eigenvalue weighted by atomic mass is 16.6. The summed E-state index contributed by atoms with van der Waals surface area (Å²) in [4.78, 5) is 35.2. The van der Waals surface area contributed by atoms with Crippen molar-refractivity contribution in [2.24, 2.45) is 5.92 Å². The number of amides is 1. The molecule has 6 heteroatoms. The van der Waals surface area contributed by atoms with Crippen molar-refractivity contribution in [3.05, 3.63) is 30.3 Å². The second kappa shape index (κ2) is 6.18. The predicted molar refractivity (Wildman–Crippen MR) is 69.1 cm³/mol. The number of methoxy groups -OCH3 is 1. The lowest BCUT2D eigenvalue weighted by atomic mass is 10.1. The minimum Gasteiger partial charge on any atom is -0.467 e. The third-order valence-electron chi connectivity index (χ3n) is 2.92. The van der Waals surface area contributed by atoms with Gasteiger partial charge in [-0.3, -0.25) is 4.79 Å². The van der Waals surface area contributed by atoms with Crippen LogP contribution < -0.4 is 10.1 Å². The maximum Gasteiger partial charge on any atom is 0.413 e. The van der Waals surface area contributed by atoms with Gasteiger partial charge >= 0.3 is 12.1 Å². The summed E-state index contributed by atoms with van der Waals surface area (Å²) in [5, 5.41) is 2.25. The van der Waals surface area contributed by atoms with Gasteiger partial charge in [0.05, 0.1) is 7.11 Å². The van der Waals surface area contributed by atoms with Gasteiger partial charge < -0.3 is 14.8 Å². The zero-order chi connectivity index (χ0) is 14.5. The van der Waals surface area contributed by atoms with Crippen molar-refractivity contribution >= 4 is 17.8 Å². The molecule has 1 aliphatic rings. The summed E-state index contributed by atoms with van der Waals surface area (Å²) < 4.78 is 9.51. The molecule has 1 fully saturated rings. The van der Waals surface area contributed by atoms with Gasteiger partial charge in [0.15, 0.2) is 11.8 Å². The van der Waals surface area contributed by atoms with Gasteiger partial charge in [0.1, 0.15) is 5.75 Å². The fourth-order valence-corrected chi connectivity index (χ4v) is 1.71. The van der Waals surface area contributed by atoms with E-state index in [0.29, 0.717) is 5.75 Å². The van der Waals surface area contributed by atoms with Crippen LogP contribution in [0.5, 0.6) is 5.75 Å². The third-order valence-corrected chi connectivity index (χ3v) is 2.92. The predicted octanol–water partition coefficient (Wildman–Crippen LogP) is 1.30. The van der Waals surface area contributed by atoms with Crippen LogP contribution in [0.4, 0.5) is 4.79 Å². The van der Waals surface area contributed by atoms with Crippen molar-refractivity contribution in [2.45, 2.75) is 18.9 Å². The number of hydrogen-bond donors (Lipinski definition) is 1. The van der Waals surface area contributed by atoms with Gasteiger partial charge in [-0.05, 0) is 25.0 Å². The smallest absolute Gasteiger partial charge is 0.413 e. The van der Waals surface area contributed by atoms with E-state index in [2.05, 4.69) is 10.1 Å². The number of hydrogen-bond acceptors (Lipinski definition) is 5. The minimum absolute atomic E-state index is 0.170. The second-order valence-electron chi connectivity index (χ2n) is 4.48. The molecule has 6 nitrogen and oxygen atoms in total. The lowest BCUT2D eigenvalue weighted by molar-refractivity contribution is -0.146. The Labute approximate surface area is 116 Å². The first kappa shape index (κ1) is 14.0. The molecule has 106 valence electrons. The summed E-state index contributed by atoms with van der Waals surface area (Å²) in [7, 11) is 1.17. The normalized spacial score (nSPS) is 15.1. The molecule has 0 radical (unpaired) electrons. The molecule has 1 aliphatic carbocycles. The summed E-state index contributed by atoms with van der Waals surface area (Å²) in [6.07, 6.45) is 0.615. The van der Waals surface area contributed by atoms with Gasteiger partial charge in [-0.2, -0.15) is 0 Å². The first-order valence-electron chi connectivity index (χ1n) is 6.26. The highest BCUT2D eigenvalue weighted by Gasteiger charge is 2.40. The Bertz CT molecular complexity index is 510. The van der Waals surface area contributed by atoms with Crippen LogP contribution in [0.2, 0.25) is 0 Å². The number of carbonyl (C=O) groups is 3. The number of benzene rings is 1. The molecule has 1 saturated carbocycles. The average molecular weight is 277 g/mol. The molecule has 0 spiro atoms. The number of esters is 1. The first-order chi connectivity index (χ1) is 9.61. The van der Waals surface area contributed by atoms with E-state index in [9.17, 15) is 14.4 Å². The number of para-hydroxylation sites is 1. The van der Waals surface area contributed by atoms with E-state index < -0.39 is 18.1 Å². The molecule has 1 aromatic carbocycles. The fourth-order valence-electron chi connectivity index (χ4n) is 1.71. The van der Waals surface area contributed by atoms with E-state index in [-0.39, 0.29) is 11.7 Å². The Morgan fingerprint density at radius 2 is 1.85 bits per heavy atom. The van der Waals surface area contributed by atoms with E-state index in [4.69, 9.17) is 4.74 Å². The Balaban J connectivity index is 1.98. The van der Waals surface area contributed by atoms with Crippen molar-refractivity contribution in [1.82, 2.24) is 5.32 Å². The minimum atomic E-state index is -1.30. The Hall–Kier alpha value is -2.37. The van der Waals surface area contributed by atoms with Gasteiger partial charge in [-0.25, -0.2) is 9.59 Å². The van der Waals surface area contributed by atoms with Crippen molar-refractivity contribution in [3.8, 4) is 5.75 Å². The van der Waals surface area contributed by atoms with Crippen LogP contribution in [0.3, 0.4) is 0 Å². The molecule has 20 heavy (non-hydrogen) atoms. The largest absolute Gasteiger partial charge is 0.467 e. The molecule has 1 N–H and O–H groups in total. The van der Waals surface area contributed by atoms with Crippen LogP contribution in [0, 0.1) is 5.92 Å². The summed E-state index contributed by atoms with van der Waals surface area (Å²) in [6.45, 7) is 0. The zero-order valence-corrected chi connectivity index (χ0v) is 11.0. The van der Waals surface area contributed by atoms with Crippen LogP contribution in [-0.2, 0) is 14.3 Å². The van der Waals surface area contributed by atoms with E-state index in [1.807, 2.05) is 0 Å². The number of carbonyl (C=O) groups excluding carboxylic acids is 3. The van der Waals surface area contributed by atoms with Gasteiger partial charge in [0.2, 0.25) is 0 Å². The molecular weight excluding hydrogens is 262 g/mol. The van der Waals surface area contributed by atoms with Crippen LogP contribution in [0.15, 0.2) is 30.3 Å². The van der Waals surface area contributed by atoms with E-state index in [1.54, 1.807) is 30.3 Å². The highest BCUT2D eigenvalue weighted by Crippen LogP contribution is 2.31. The van der Waals surface area contributed by atoms with Gasteiger partial charge in [-0.1, -0.05) is 18.2 Å². The van der Waals surface area contributed by atoms with Crippen LogP contribution in [-0.4, -0.2) is 31.0 Å². The second-order valence-corrected chi connectivity index (χ2v) is 4.48. The summed E-state index contributed by atoms with van der Waals surface area (Å²) in [6, 6.07) is 7.07. The van der Waals surface area contributed by atoms with Gasteiger partial charge in [-0.15, -0.1) is 0 Å². The lowest BCUT2D eigenvalue weighted by Crippen LogP contribution is -2.48. The van der Waals surface area contributed by atoms with Crippen molar-refractivity contribution < 1.29 is 23.9 Å². The molecule has 1 amide bonds. The number of nitrogens with one attached hydrogen (secondary N) is 1. The average Bonchev–Trinajstić information content (AvgIpc) is 3.29. The monoisotopic (exact) mass is 277 g/mol. The van der Waals surface area contributed by atoms with E-state index >= 15 is 0 Å². The van der Waals surface area contributed by atoms with Crippen molar-refractivity contribution in [1.29, 1.82) is 0 Å². The molecular formula is C14H15NO5. The fraction of sp³-hybridized carbons (Fsp3) is 0.357. The molecule has 0 bridgehead atoms. The molecule has 1 aromatic rings. The SMILES string of the molecule is COC(=O)C(NC(=O)Oc1ccccc1)C(=O)C1CC1. The van der Waals surface area contributed by atoms with E-state index in [1.165, 1.54) is 7.11 Å². The Morgan fingerprint density at radius 3 is 2.40 bits per heavy atom. The van der Waals surface area contributed by atoms with Crippen LogP contribution in [0.25, 0.3) is 0 Å². The lowest BCUT2D eigenvalue weighted by Gasteiger charge is -2.14. The Kier molecular flexibility index (Phi) is 4.34. The molecule has 2 rings (SSSR count). The Morgan fingerprint density at radius 1 is 1.20 bits per heavy atom. The van der Waals surface area contributed by atoms with Crippen LogP contribution in [0.1, 0.15) is 12.8 Å². The number of ketones is 1. The number of rotatable bonds is 5. The van der Waals surface area contributed by atoms with Crippen molar-refractivity contribution in [2.75, 3.05) is 7.11 Å². The molecule has 0 aliphatic heterocycles. The number of ether oxygens (including phenoxy) is 2. The molecule has 0 saturated heterocycles. The van der Waals surface area contributed by atoms with Gasteiger partial charge in [0.25, 0.3) is 0 Å². The summed E-state index contributed by atoms with van der Waals surface area (Å²) in [5.74, 6) is -0.961. The molecule has 0 aromatic heterocycles. The molecule has 1 atom stereocenters. The zero-order valence-electron chi connectivity index (χ0n) is 11.0. The number of Topliss-reactive ketones (excluding diaryl/α,β-unsaturated/α-hetero) is 1. The standard InChI is InChI=1S/C14H15NO5/c1-19-13(17)11(12(16)9-7-8-9)15-14(18)20-10-5-3-2-4-6-10/h2-6,9,11H,7-8H2,1H3,(H,15,18). The van der Waals surface area contributed by atoms with Crippen LogP contribution >= 0.6 is 0 Å². The molecule has 1 unspecified atom stereocenters. The maximum atomic E-state index is 11.9. The maximum absolute atomic E-state index is 11.9. The quantitative estimate of drug-likeness (QED) is 0.648. The summed E-state index contributed by atoms with van der Waals surface area (Å²) >= 11 is 0. The van der Waals surface area contributed by atoms with E-state index in [0.717, 1.165) is 12.8 Å². The topological polar surface area (TPSA) is 81.7 Å². The third kappa shape index (κ3) is 3.57. The van der Waals surface area contributed by atoms with Crippen molar-refractivity contribution in [3.63, 3.8) is 0 Å². The summed E-state index contributed by atoms with van der Waals surface area (Å²) in [5.41, 5.74) is 0. The first-order valence-corrected chi connectivity index (χ1v) is 6.26. The highest BCUT2D eigenvalue weighted by molar-refractivity contribution is 6.07.